The first kappa shape index (κ1) is 16.7. The van der Waals surface area contributed by atoms with Gasteiger partial charge in [-0.1, -0.05) is 30.3 Å². The van der Waals surface area contributed by atoms with Crippen molar-refractivity contribution in [1.82, 2.24) is 5.32 Å². The highest BCUT2D eigenvalue weighted by Crippen LogP contribution is 2.14. The van der Waals surface area contributed by atoms with Crippen LogP contribution >= 0.6 is 0 Å². The summed E-state index contributed by atoms with van der Waals surface area (Å²) in [5, 5.41) is 5.20. The van der Waals surface area contributed by atoms with E-state index < -0.39 is 11.8 Å². The summed E-state index contributed by atoms with van der Waals surface area (Å²) in [5.74, 6) is -1.34. The Balaban J connectivity index is 1.91. The third kappa shape index (κ3) is 4.66. The maximum absolute atomic E-state index is 11.9. The van der Waals surface area contributed by atoms with Gasteiger partial charge in [0.15, 0.2) is 0 Å². The van der Waals surface area contributed by atoms with Crippen molar-refractivity contribution in [2.45, 2.75) is 26.9 Å². The van der Waals surface area contributed by atoms with Crippen LogP contribution in [0.5, 0.6) is 0 Å². The normalized spacial score (nSPS) is 10.2. The Morgan fingerprint density at radius 3 is 2.39 bits per heavy atom. The molecule has 5 heteroatoms. The minimum Gasteiger partial charge on any atom is -0.344 e. The van der Waals surface area contributed by atoms with E-state index in [9.17, 15) is 9.59 Å². The average Bonchev–Trinajstić information content (AvgIpc) is 2.56. The summed E-state index contributed by atoms with van der Waals surface area (Å²) in [4.78, 5) is 23.8. The smallest absolute Gasteiger partial charge is 0.313 e. The van der Waals surface area contributed by atoms with Gasteiger partial charge < -0.3 is 16.4 Å². The Bertz CT molecular complexity index is 726. The zero-order chi connectivity index (χ0) is 16.8. The number of aryl methyl sites for hydroxylation is 2. The van der Waals surface area contributed by atoms with Crippen LogP contribution in [0.2, 0.25) is 0 Å². The second-order valence-corrected chi connectivity index (χ2v) is 5.46. The third-order valence-electron chi connectivity index (χ3n) is 3.65. The number of anilines is 1. The molecular formula is C18H21N3O2. The molecule has 0 atom stereocenters. The van der Waals surface area contributed by atoms with Crippen molar-refractivity contribution in [3.8, 4) is 0 Å². The fourth-order valence-corrected chi connectivity index (χ4v) is 2.14. The molecule has 2 rings (SSSR count). The summed E-state index contributed by atoms with van der Waals surface area (Å²) in [5.41, 5.74) is 10.3. The van der Waals surface area contributed by atoms with Crippen LogP contribution in [0.1, 0.15) is 22.3 Å². The molecule has 0 spiro atoms. The van der Waals surface area contributed by atoms with Gasteiger partial charge in [0.05, 0.1) is 0 Å². The van der Waals surface area contributed by atoms with E-state index in [-0.39, 0.29) is 6.54 Å². The second-order valence-electron chi connectivity index (χ2n) is 5.46. The highest BCUT2D eigenvalue weighted by Gasteiger charge is 2.13. The van der Waals surface area contributed by atoms with E-state index in [1.54, 1.807) is 6.07 Å². The summed E-state index contributed by atoms with van der Waals surface area (Å²) >= 11 is 0. The molecule has 2 aromatic carbocycles. The van der Waals surface area contributed by atoms with Crippen LogP contribution in [0.4, 0.5) is 5.69 Å². The monoisotopic (exact) mass is 311 g/mol. The van der Waals surface area contributed by atoms with E-state index in [1.807, 2.05) is 50.2 Å². The van der Waals surface area contributed by atoms with Gasteiger partial charge in [-0.2, -0.15) is 0 Å². The molecule has 0 saturated carbocycles. The Kier molecular flexibility index (Phi) is 5.49. The van der Waals surface area contributed by atoms with Crippen molar-refractivity contribution in [2.75, 3.05) is 5.32 Å². The molecule has 2 amide bonds. The van der Waals surface area contributed by atoms with E-state index in [0.29, 0.717) is 12.2 Å². The number of nitrogens with two attached hydrogens (primary N) is 1. The minimum absolute atomic E-state index is 0.285. The van der Waals surface area contributed by atoms with E-state index in [4.69, 9.17) is 5.73 Å². The standard InChI is InChI=1S/C18H21N3O2/c1-12-6-7-16(8-13(12)2)21-18(23)17(22)20-11-15-5-3-4-14(9-15)10-19/h3-9H,10-11,19H2,1-2H3,(H,20,22)(H,21,23). The molecule has 0 aliphatic carbocycles. The van der Waals surface area contributed by atoms with Gasteiger partial charge in [-0.15, -0.1) is 0 Å². The van der Waals surface area contributed by atoms with Crippen LogP contribution in [-0.2, 0) is 22.7 Å². The largest absolute Gasteiger partial charge is 0.344 e. The lowest BCUT2D eigenvalue weighted by Gasteiger charge is -2.09. The molecule has 120 valence electrons. The first-order valence-corrected chi connectivity index (χ1v) is 7.44. The molecule has 0 aromatic heterocycles. The van der Waals surface area contributed by atoms with Crippen LogP contribution in [0.3, 0.4) is 0 Å². The fourth-order valence-electron chi connectivity index (χ4n) is 2.14. The summed E-state index contributed by atoms with van der Waals surface area (Å²) in [6, 6.07) is 13.1. The maximum Gasteiger partial charge on any atom is 0.313 e. The van der Waals surface area contributed by atoms with Crippen molar-refractivity contribution >= 4 is 17.5 Å². The van der Waals surface area contributed by atoms with Gasteiger partial charge in [0.25, 0.3) is 0 Å². The molecule has 0 saturated heterocycles. The van der Waals surface area contributed by atoms with Gasteiger partial charge in [0.2, 0.25) is 0 Å². The zero-order valence-corrected chi connectivity index (χ0v) is 13.3. The van der Waals surface area contributed by atoms with Crippen molar-refractivity contribution in [1.29, 1.82) is 0 Å². The highest BCUT2D eigenvalue weighted by atomic mass is 16.2. The lowest BCUT2D eigenvalue weighted by atomic mass is 10.1. The second kappa shape index (κ2) is 7.56. The molecule has 0 aliphatic rings. The van der Waals surface area contributed by atoms with Crippen molar-refractivity contribution in [3.63, 3.8) is 0 Å². The van der Waals surface area contributed by atoms with Crippen LogP contribution in [-0.4, -0.2) is 11.8 Å². The first-order chi connectivity index (χ1) is 11.0. The first-order valence-electron chi connectivity index (χ1n) is 7.44. The van der Waals surface area contributed by atoms with Crippen LogP contribution in [0.15, 0.2) is 42.5 Å². The molecule has 0 aliphatic heterocycles. The fraction of sp³-hybridized carbons (Fsp3) is 0.222. The van der Waals surface area contributed by atoms with Gasteiger partial charge in [0, 0.05) is 18.8 Å². The van der Waals surface area contributed by atoms with Gasteiger partial charge >= 0.3 is 11.8 Å². The third-order valence-corrected chi connectivity index (χ3v) is 3.65. The predicted octanol–water partition coefficient (Wildman–Crippen LogP) is 2.02. The average molecular weight is 311 g/mol. The van der Waals surface area contributed by atoms with Crippen molar-refractivity contribution < 1.29 is 9.59 Å². The van der Waals surface area contributed by atoms with E-state index in [1.165, 1.54) is 0 Å². The molecule has 0 radical (unpaired) electrons. The lowest BCUT2D eigenvalue weighted by Crippen LogP contribution is -2.35. The summed E-state index contributed by atoms with van der Waals surface area (Å²) in [7, 11) is 0. The van der Waals surface area contributed by atoms with Gasteiger partial charge in [-0.05, 0) is 48.2 Å². The van der Waals surface area contributed by atoms with Crippen molar-refractivity contribution in [2.24, 2.45) is 5.73 Å². The number of benzene rings is 2. The Hall–Kier alpha value is -2.66. The van der Waals surface area contributed by atoms with Gasteiger partial charge in [0.1, 0.15) is 0 Å². The maximum atomic E-state index is 11.9. The van der Waals surface area contributed by atoms with Crippen molar-refractivity contribution in [3.05, 3.63) is 64.7 Å². The Morgan fingerprint density at radius 2 is 1.70 bits per heavy atom. The SMILES string of the molecule is Cc1ccc(NC(=O)C(=O)NCc2cccc(CN)c2)cc1C. The molecule has 0 heterocycles. The molecule has 0 unspecified atom stereocenters. The lowest BCUT2D eigenvalue weighted by molar-refractivity contribution is -0.136. The highest BCUT2D eigenvalue weighted by molar-refractivity contribution is 6.39. The minimum atomic E-state index is -0.678. The number of hydrogen-bond acceptors (Lipinski definition) is 3. The molecule has 23 heavy (non-hydrogen) atoms. The van der Waals surface area contributed by atoms with E-state index in [2.05, 4.69) is 10.6 Å². The van der Waals surface area contributed by atoms with Crippen LogP contribution < -0.4 is 16.4 Å². The summed E-state index contributed by atoms with van der Waals surface area (Å²) in [6.45, 7) is 4.67. The van der Waals surface area contributed by atoms with E-state index in [0.717, 1.165) is 22.3 Å². The van der Waals surface area contributed by atoms with Crippen LogP contribution in [0, 0.1) is 13.8 Å². The number of nitrogens with one attached hydrogen (secondary N) is 2. The summed E-state index contributed by atoms with van der Waals surface area (Å²) in [6.07, 6.45) is 0. The molecule has 5 nitrogen and oxygen atoms in total. The van der Waals surface area contributed by atoms with Crippen LogP contribution in [0.25, 0.3) is 0 Å². The molecule has 0 bridgehead atoms. The molecule has 0 fully saturated rings. The molecule has 2 aromatic rings. The number of carbonyl (C=O) groups is 2. The topological polar surface area (TPSA) is 84.2 Å². The number of hydrogen-bond donors (Lipinski definition) is 3. The Labute approximate surface area is 135 Å². The zero-order valence-electron chi connectivity index (χ0n) is 13.3. The van der Waals surface area contributed by atoms with Gasteiger partial charge in [-0.3, -0.25) is 9.59 Å². The molecule has 4 N–H and O–H groups in total. The number of rotatable bonds is 4. The van der Waals surface area contributed by atoms with Gasteiger partial charge in [-0.25, -0.2) is 0 Å². The quantitative estimate of drug-likeness (QED) is 0.755. The number of amides is 2. The van der Waals surface area contributed by atoms with E-state index >= 15 is 0 Å². The number of carbonyl (C=O) groups excluding carboxylic acids is 2. The predicted molar refractivity (Wildman–Crippen MR) is 90.7 cm³/mol. The Morgan fingerprint density at radius 1 is 0.957 bits per heavy atom. The summed E-state index contributed by atoms with van der Waals surface area (Å²) < 4.78 is 0. The molecular weight excluding hydrogens is 290 g/mol.